The van der Waals surface area contributed by atoms with E-state index >= 15 is 0 Å². The van der Waals surface area contributed by atoms with E-state index in [0.717, 1.165) is 49.7 Å². The number of aryl methyl sites for hydroxylation is 2. The van der Waals surface area contributed by atoms with Crippen LogP contribution in [0.3, 0.4) is 0 Å². The fourth-order valence-electron chi connectivity index (χ4n) is 2.52. The van der Waals surface area contributed by atoms with Gasteiger partial charge in [0, 0.05) is 0 Å². The molecule has 0 saturated heterocycles. The molecule has 0 unspecified atom stereocenters. The Morgan fingerprint density at radius 2 is 1.34 bits per heavy atom. The quantitative estimate of drug-likeness (QED) is 0.296. The molecule has 0 aliphatic heterocycles. The van der Waals surface area contributed by atoms with Crippen LogP contribution in [0.15, 0.2) is 12.4 Å². The van der Waals surface area contributed by atoms with E-state index < -0.39 is 40.7 Å². The van der Waals surface area contributed by atoms with Crippen LogP contribution < -0.4 is 8.28 Å². The highest BCUT2D eigenvalue weighted by Gasteiger charge is 2.67. The molecule has 0 aliphatic rings. The number of halogens is 6. The number of sulfonamides is 2. The van der Waals surface area contributed by atoms with E-state index in [4.69, 9.17) is 0 Å². The minimum absolute atomic E-state index is 0.167. The standard InChI is InChI=1S/C14H22F6N3O4S2/c1-3-4-5-6-7-8-9-22-11-10-21(2)12(22)23(28(24,25)13(15,16)17)29(26,27)14(18,19)20/h10-11H,3-9H2,1-2H3/q+1. The van der Waals surface area contributed by atoms with Gasteiger partial charge in [-0.2, -0.15) is 43.2 Å². The van der Waals surface area contributed by atoms with Gasteiger partial charge >= 0.3 is 37.0 Å². The van der Waals surface area contributed by atoms with Gasteiger partial charge in [-0.25, -0.2) is 9.13 Å². The van der Waals surface area contributed by atoms with Crippen molar-refractivity contribution in [3.05, 3.63) is 12.4 Å². The van der Waals surface area contributed by atoms with Crippen LogP contribution in [0.2, 0.25) is 0 Å². The molecular weight excluding hydrogens is 452 g/mol. The highest BCUT2D eigenvalue weighted by atomic mass is 32.3. The van der Waals surface area contributed by atoms with Crippen LogP contribution in [0.25, 0.3) is 0 Å². The lowest BCUT2D eigenvalue weighted by Gasteiger charge is -2.20. The number of aromatic nitrogens is 2. The molecule has 1 heterocycles. The first-order chi connectivity index (χ1) is 13.1. The van der Waals surface area contributed by atoms with Crippen molar-refractivity contribution in [1.29, 1.82) is 0 Å². The maximum absolute atomic E-state index is 13.0. The van der Waals surface area contributed by atoms with Crippen LogP contribution in [0.5, 0.6) is 0 Å². The number of imidazole rings is 1. The Bertz CT molecular complexity index is 847. The second-order valence-electron chi connectivity index (χ2n) is 6.27. The molecule has 29 heavy (non-hydrogen) atoms. The average molecular weight is 474 g/mol. The summed E-state index contributed by atoms with van der Waals surface area (Å²) < 4.78 is 125. The third kappa shape index (κ3) is 5.55. The summed E-state index contributed by atoms with van der Waals surface area (Å²) in [4.78, 5) is 0. The third-order valence-corrected chi connectivity index (χ3v) is 7.53. The Labute approximate surface area is 165 Å². The van der Waals surface area contributed by atoms with Crippen LogP contribution >= 0.6 is 0 Å². The normalized spacial score (nSPS) is 13.7. The molecule has 0 N–H and O–H groups in total. The van der Waals surface area contributed by atoms with Crippen LogP contribution in [0.4, 0.5) is 32.3 Å². The number of unbranched alkanes of at least 4 members (excludes halogenated alkanes) is 5. The Kier molecular flexibility index (Phi) is 8.01. The highest BCUT2D eigenvalue weighted by Crippen LogP contribution is 2.37. The summed E-state index contributed by atoms with van der Waals surface area (Å²) in [5, 5.41) is 0. The van der Waals surface area contributed by atoms with Crippen LogP contribution in [-0.4, -0.2) is 32.4 Å². The van der Waals surface area contributed by atoms with E-state index in [1.54, 1.807) is 0 Å². The van der Waals surface area contributed by atoms with E-state index in [9.17, 15) is 43.2 Å². The maximum Gasteiger partial charge on any atom is 0.531 e. The summed E-state index contributed by atoms with van der Waals surface area (Å²) >= 11 is 0. The van der Waals surface area contributed by atoms with Crippen molar-refractivity contribution in [2.24, 2.45) is 7.05 Å². The van der Waals surface area contributed by atoms with Gasteiger partial charge < -0.3 is 0 Å². The number of alkyl halides is 6. The van der Waals surface area contributed by atoms with E-state index in [0.29, 0.717) is 17.4 Å². The number of anilines is 1. The third-order valence-electron chi connectivity index (χ3n) is 3.98. The molecule has 0 aliphatic carbocycles. The van der Waals surface area contributed by atoms with E-state index in [2.05, 4.69) is 0 Å². The molecule has 0 radical (unpaired) electrons. The minimum Gasteiger partial charge on any atom is -0.236 e. The monoisotopic (exact) mass is 474 g/mol. The molecule has 1 aromatic heterocycles. The molecular formula is C14H22F6N3O4S2+. The van der Waals surface area contributed by atoms with E-state index in [1.165, 1.54) is 0 Å². The van der Waals surface area contributed by atoms with Crippen LogP contribution in [0.1, 0.15) is 45.4 Å². The topological polar surface area (TPSA) is 80.3 Å². The number of nitrogens with zero attached hydrogens (tertiary/aromatic N) is 3. The Morgan fingerprint density at radius 1 is 0.897 bits per heavy atom. The predicted molar refractivity (Wildman–Crippen MR) is 91.4 cm³/mol. The first kappa shape index (κ1) is 25.5. The molecule has 0 aromatic carbocycles. The summed E-state index contributed by atoms with van der Waals surface area (Å²) in [6, 6.07) is 0. The summed E-state index contributed by atoms with van der Waals surface area (Å²) in [6.07, 6.45) is 6.46. The zero-order valence-electron chi connectivity index (χ0n) is 15.7. The Balaban J connectivity index is 3.41. The van der Waals surface area contributed by atoms with Gasteiger partial charge in [0.2, 0.25) is 0 Å². The fraction of sp³-hybridized carbons (Fsp3) is 0.786. The molecule has 0 saturated carbocycles. The molecule has 0 atom stereocenters. The second-order valence-corrected chi connectivity index (χ2v) is 10.1. The Hall–Kier alpha value is -1.51. The van der Waals surface area contributed by atoms with Crippen molar-refractivity contribution in [3.8, 4) is 0 Å². The first-order valence-corrected chi connectivity index (χ1v) is 11.4. The van der Waals surface area contributed by atoms with Gasteiger partial charge in [0.15, 0.2) is 0 Å². The Morgan fingerprint density at radius 3 is 1.79 bits per heavy atom. The molecule has 15 heteroatoms. The van der Waals surface area contributed by atoms with Gasteiger partial charge in [0.1, 0.15) is 0 Å². The van der Waals surface area contributed by atoms with E-state index in [1.807, 2.05) is 6.92 Å². The molecule has 0 bridgehead atoms. The van der Waals surface area contributed by atoms with Crippen molar-refractivity contribution in [3.63, 3.8) is 0 Å². The average Bonchev–Trinajstić information content (AvgIpc) is 2.89. The number of hydrogen-bond acceptors (Lipinski definition) is 4. The lowest BCUT2D eigenvalue weighted by Crippen LogP contribution is -2.54. The minimum atomic E-state index is -6.91. The molecule has 170 valence electrons. The molecule has 0 spiro atoms. The number of hydrogen-bond donors (Lipinski definition) is 0. The van der Waals surface area contributed by atoms with Gasteiger partial charge in [-0.15, -0.1) is 0 Å². The fourth-order valence-corrected chi connectivity index (χ4v) is 5.33. The van der Waals surface area contributed by atoms with Gasteiger partial charge in [0.05, 0.1) is 26.0 Å². The van der Waals surface area contributed by atoms with Crippen LogP contribution in [0, 0.1) is 0 Å². The molecule has 7 nitrogen and oxygen atoms in total. The maximum atomic E-state index is 13.0. The summed E-state index contributed by atoms with van der Waals surface area (Å²) in [7, 11) is -12.9. The van der Waals surface area contributed by atoms with Crippen molar-refractivity contribution in [2.45, 2.75) is 63.0 Å². The lowest BCUT2D eigenvalue weighted by molar-refractivity contribution is -0.656. The summed E-state index contributed by atoms with van der Waals surface area (Å²) in [6.45, 7) is 1.82. The molecule has 1 rings (SSSR count). The predicted octanol–water partition coefficient (Wildman–Crippen LogP) is 3.18. The molecule has 0 amide bonds. The zero-order valence-corrected chi connectivity index (χ0v) is 17.3. The highest BCUT2D eigenvalue weighted by molar-refractivity contribution is 8.11. The lowest BCUT2D eigenvalue weighted by atomic mass is 10.1. The first-order valence-electron chi connectivity index (χ1n) is 8.57. The van der Waals surface area contributed by atoms with Crippen molar-refractivity contribution < 1.29 is 47.7 Å². The summed E-state index contributed by atoms with van der Waals surface area (Å²) in [5.74, 6) is -1.28. The summed E-state index contributed by atoms with van der Waals surface area (Å²) in [5.41, 5.74) is -12.5. The van der Waals surface area contributed by atoms with Gasteiger partial charge in [-0.1, -0.05) is 39.0 Å². The second kappa shape index (κ2) is 9.10. The SMILES string of the molecule is CCCCCCCCn1cc[n+](C)c1N(S(=O)(=O)C(F)(F)F)S(=O)(=O)C(F)(F)F. The molecule has 0 fully saturated rings. The van der Waals surface area contributed by atoms with Crippen molar-refractivity contribution in [1.82, 2.24) is 4.57 Å². The largest absolute Gasteiger partial charge is 0.531 e. The zero-order chi connectivity index (χ0) is 22.7. The smallest absolute Gasteiger partial charge is 0.236 e. The van der Waals surface area contributed by atoms with Gasteiger partial charge in [-0.05, 0) is 10.1 Å². The van der Waals surface area contributed by atoms with Crippen molar-refractivity contribution >= 4 is 26.0 Å². The van der Waals surface area contributed by atoms with Gasteiger partial charge in [-0.3, -0.25) is 0 Å². The van der Waals surface area contributed by atoms with Crippen molar-refractivity contribution in [2.75, 3.05) is 3.71 Å². The number of rotatable bonds is 10. The van der Waals surface area contributed by atoms with Crippen LogP contribution in [-0.2, 0) is 33.6 Å². The van der Waals surface area contributed by atoms with E-state index in [-0.39, 0.29) is 6.54 Å². The molecule has 1 aromatic rings. The van der Waals surface area contributed by atoms with Gasteiger partial charge in [0.25, 0.3) is 0 Å².